The predicted molar refractivity (Wildman–Crippen MR) is 73.1 cm³/mol. The first-order valence-electron chi connectivity index (χ1n) is 7.27. The Balaban J connectivity index is 2.42. The number of carbonyl (C=O) groups excluding carboxylic acids is 1. The molecule has 4 heteroatoms. The van der Waals surface area contributed by atoms with Gasteiger partial charge in [0.25, 0.3) is 0 Å². The molecule has 4 N–H and O–H groups in total. The Morgan fingerprint density at radius 3 is 2.56 bits per heavy atom. The molecular weight excluding hydrogens is 228 g/mol. The van der Waals surface area contributed by atoms with Gasteiger partial charge in [0.05, 0.1) is 5.41 Å². The summed E-state index contributed by atoms with van der Waals surface area (Å²) < 4.78 is 0. The Hall–Kier alpha value is -0.610. The number of rotatable bonds is 8. The minimum absolute atomic E-state index is 0.126. The number of aliphatic hydroxyl groups is 1. The second-order valence-electron chi connectivity index (χ2n) is 5.57. The average Bonchev–Trinajstić information content (AvgIpc) is 2.86. The zero-order valence-electron chi connectivity index (χ0n) is 11.6. The fraction of sp³-hybridized carbons (Fsp3) is 0.929. The van der Waals surface area contributed by atoms with E-state index in [1.807, 2.05) is 0 Å². The summed E-state index contributed by atoms with van der Waals surface area (Å²) >= 11 is 0. The third-order valence-electron chi connectivity index (χ3n) is 4.22. The second kappa shape index (κ2) is 7.74. The Morgan fingerprint density at radius 1 is 1.39 bits per heavy atom. The molecule has 1 unspecified atom stereocenters. The molecule has 0 aliphatic heterocycles. The molecule has 18 heavy (non-hydrogen) atoms. The highest BCUT2D eigenvalue weighted by atomic mass is 16.3. The van der Waals surface area contributed by atoms with Gasteiger partial charge in [-0.3, -0.25) is 4.79 Å². The monoisotopic (exact) mass is 256 g/mol. The van der Waals surface area contributed by atoms with Crippen LogP contribution in [0.25, 0.3) is 0 Å². The summed E-state index contributed by atoms with van der Waals surface area (Å²) in [6, 6.07) is 0. The molecule has 0 saturated heterocycles. The fourth-order valence-electron chi connectivity index (χ4n) is 2.94. The molecule has 1 atom stereocenters. The van der Waals surface area contributed by atoms with Gasteiger partial charge in [0.2, 0.25) is 5.91 Å². The lowest BCUT2D eigenvalue weighted by Crippen LogP contribution is -2.45. The quantitative estimate of drug-likeness (QED) is 0.615. The molecule has 106 valence electrons. The Morgan fingerprint density at radius 2 is 2.06 bits per heavy atom. The molecule has 0 radical (unpaired) electrons. The first-order chi connectivity index (χ1) is 8.68. The molecule has 0 bridgehead atoms. The summed E-state index contributed by atoms with van der Waals surface area (Å²) in [6.45, 7) is 3.46. The summed E-state index contributed by atoms with van der Waals surface area (Å²) in [5.74, 6) is 0.515. The van der Waals surface area contributed by atoms with Gasteiger partial charge in [0, 0.05) is 19.7 Å². The van der Waals surface area contributed by atoms with Gasteiger partial charge < -0.3 is 16.2 Å². The van der Waals surface area contributed by atoms with Gasteiger partial charge in [0.15, 0.2) is 0 Å². The molecule has 1 rings (SSSR count). The van der Waals surface area contributed by atoms with E-state index in [9.17, 15) is 4.79 Å². The van der Waals surface area contributed by atoms with Gasteiger partial charge >= 0.3 is 0 Å². The van der Waals surface area contributed by atoms with Gasteiger partial charge in [-0.2, -0.15) is 0 Å². The topological polar surface area (TPSA) is 75.3 Å². The van der Waals surface area contributed by atoms with E-state index in [1.54, 1.807) is 0 Å². The van der Waals surface area contributed by atoms with Gasteiger partial charge in [-0.05, 0) is 31.6 Å². The zero-order valence-corrected chi connectivity index (χ0v) is 11.6. The van der Waals surface area contributed by atoms with Crippen LogP contribution in [0.15, 0.2) is 0 Å². The molecule has 0 aromatic heterocycles. The van der Waals surface area contributed by atoms with Crippen LogP contribution in [0.4, 0.5) is 0 Å². The Labute approximate surface area is 110 Å². The maximum absolute atomic E-state index is 12.3. The number of amides is 1. The zero-order chi connectivity index (χ0) is 13.4. The van der Waals surface area contributed by atoms with Crippen molar-refractivity contribution in [3.63, 3.8) is 0 Å². The van der Waals surface area contributed by atoms with E-state index in [2.05, 4.69) is 12.2 Å². The lowest BCUT2D eigenvalue weighted by atomic mass is 9.85. The van der Waals surface area contributed by atoms with E-state index < -0.39 is 0 Å². The molecular formula is C14H28N2O2. The first kappa shape index (κ1) is 15.4. The van der Waals surface area contributed by atoms with Crippen molar-refractivity contribution in [1.29, 1.82) is 0 Å². The van der Waals surface area contributed by atoms with Crippen LogP contribution in [0, 0.1) is 11.3 Å². The van der Waals surface area contributed by atoms with Crippen LogP contribution in [-0.2, 0) is 4.79 Å². The van der Waals surface area contributed by atoms with Crippen LogP contribution in [0.3, 0.4) is 0 Å². The highest BCUT2D eigenvalue weighted by Gasteiger charge is 2.39. The predicted octanol–water partition coefficient (Wildman–Crippen LogP) is 1.42. The average molecular weight is 256 g/mol. The van der Waals surface area contributed by atoms with Crippen molar-refractivity contribution in [2.24, 2.45) is 17.1 Å². The van der Waals surface area contributed by atoms with Crippen LogP contribution in [0.5, 0.6) is 0 Å². The number of hydrogen-bond acceptors (Lipinski definition) is 3. The molecule has 4 nitrogen and oxygen atoms in total. The van der Waals surface area contributed by atoms with E-state index in [4.69, 9.17) is 10.8 Å². The van der Waals surface area contributed by atoms with Crippen LogP contribution in [-0.4, -0.2) is 30.7 Å². The van der Waals surface area contributed by atoms with Crippen LogP contribution in [0.1, 0.15) is 51.9 Å². The van der Waals surface area contributed by atoms with Crippen molar-refractivity contribution in [1.82, 2.24) is 5.32 Å². The number of nitrogens with two attached hydrogens (primary N) is 1. The summed E-state index contributed by atoms with van der Waals surface area (Å²) in [5.41, 5.74) is 5.48. The van der Waals surface area contributed by atoms with Gasteiger partial charge in [-0.15, -0.1) is 0 Å². The molecule has 1 fully saturated rings. The lowest BCUT2D eigenvalue weighted by Gasteiger charge is -2.27. The third-order valence-corrected chi connectivity index (χ3v) is 4.22. The molecule has 0 aromatic rings. The van der Waals surface area contributed by atoms with Crippen LogP contribution in [0.2, 0.25) is 0 Å². The second-order valence-corrected chi connectivity index (χ2v) is 5.57. The molecule has 1 aliphatic carbocycles. The van der Waals surface area contributed by atoms with Crippen molar-refractivity contribution in [3.05, 3.63) is 0 Å². The highest BCUT2D eigenvalue weighted by Crippen LogP contribution is 2.37. The highest BCUT2D eigenvalue weighted by molar-refractivity contribution is 5.83. The molecule has 0 heterocycles. The van der Waals surface area contributed by atoms with Gasteiger partial charge in [-0.25, -0.2) is 0 Å². The van der Waals surface area contributed by atoms with Crippen molar-refractivity contribution in [2.75, 3.05) is 19.7 Å². The summed E-state index contributed by atoms with van der Waals surface area (Å²) in [5, 5.41) is 12.1. The Bertz CT molecular complexity index is 244. The molecule has 0 spiro atoms. The van der Waals surface area contributed by atoms with Crippen molar-refractivity contribution < 1.29 is 9.90 Å². The standard InChI is InChI=1S/C14H28N2O2/c1-2-5-12(6-9-17)10-16-13(18)14(11-15)7-3-4-8-14/h12,17H,2-11,15H2,1H3,(H,16,18). The molecule has 1 aliphatic rings. The number of hydrogen-bond donors (Lipinski definition) is 3. The van der Waals surface area contributed by atoms with E-state index in [0.717, 1.165) is 44.9 Å². The minimum atomic E-state index is -0.310. The smallest absolute Gasteiger partial charge is 0.227 e. The molecule has 1 saturated carbocycles. The molecule has 0 aromatic carbocycles. The van der Waals surface area contributed by atoms with Gasteiger partial charge in [0.1, 0.15) is 0 Å². The third kappa shape index (κ3) is 3.95. The first-order valence-corrected chi connectivity index (χ1v) is 7.27. The molecule has 1 amide bonds. The minimum Gasteiger partial charge on any atom is -0.396 e. The SMILES string of the molecule is CCCC(CCO)CNC(=O)C1(CN)CCCC1. The van der Waals surface area contributed by atoms with Crippen LogP contribution < -0.4 is 11.1 Å². The van der Waals surface area contributed by atoms with Gasteiger partial charge in [-0.1, -0.05) is 26.2 Å². The maximum Gasteiger partial charge on any atom is 0.227 e. The van der Waals surface area contributed by atoms with E-state index in [0.29, 0.717) is 19.0 Å². The largest absolute Gasteiger partial charge is 0.396 e. The Kier molecular flexibility index (Phi) is 6.65. The fourth-order valence-corrected chi connectivity index (χ4v) is 2.94. The van der Waals surface area contributed by atoms with Crippen molar-refractivity contribution in [3.8, 4) is 0 Å². The number of carbonyl (C=O) groups is 1. The van der Waals surface area contributed by atoms with E-state index in [1.165, 1.54) is 0 Å². The number of nitrogens with one attached hydrogen (secondary N) is 1. The number of aliphatic hydroxyl groups excluding tert-OH is 1. The maximum atomic E-state index is 12.3. The van der Waals surface area contributed by atoms with Crippen molar-refractivity contribution in [2.45, 2.75) is 51.9 Å². The normalized spacial score (nSPS) is 19.7. The summed E-state index contributed by atoms with van der Waals surface area (Å²) in [6.07, 6.45) is 6.98. The van der Waals surface area contributed by atoms with Crippen LogP contribution >= 0.6 is 0 Å². The van der Waals surface area contributed by atoms with E-state index >= 15 is 0 Å². The van der Waals surface area contributed by atoms with E-state index in [-0.39, 0.29) is 17.9 Å². The lowest BCUT2D eigenvalue weighted by molar-refractivity contribution is -0.130. The summed E-state index contributed by atoms with van der Waals surface area (Å²) in [4.78, 5) is 12.3. The van der Waals surface area contributed by atoms with Crippen molar-refractivity contribution >= 4 is 5.91 Å². The summed E-state index contributed by atoms with van der Waals surface area (Å²) in [7, 11) is 0.